The van der Waals surface area contributed by atoms with Gasteiger partial charge in [-0.05, 0) is 38.5 Å². The number of aliphatic carboxylic acids is 4. The molecule has 0 saturated heterocycles. The first kappa shape index (κ1) is 29.6. The van der Waals surface area contributed by atoms with Crippen LogP contribution in [0.5, 0.6) is 0 Å². The van der Waals surface area contributed by atoms with E-state index in [-0.39, 0.29) is 38.4 Å². The molecule has 0 aromatic rings. The van der Waals surface area contributed by atoms with E-state index < -0.39 is 23.9 Å². The summed E-state index contributed by atoms with van der Waals surface area (Å²) in [6.45, 7) is 1.98. The summed E-state index contributed by atoms with van der Waals surface area (Å²) in [4.78, 5) is 39.6. The molecule has 0 aliphatic rings. The van der Waals surface area contributed by atoms with Crippen LogP contribution >= 0.6 is 0 Å². The molecule has 1 unspecified atom stereocenters. The maximum atomic E-state index is 9.90. The molecule has 0 rings (SSSR count). The molecular weight excluding hydrogens is 364 g/mol. The zero-order valence-electron chi connectivity index (χ0n) is 15.7. The van der Waals surface area contributed by atoms with Crippen molar-refractivity contribution < 1.29 is 49.8 Å². The highest BCUT2D eigenvalue weighted by Gasteiger charge is 2.00. The average molecular weight is 396 g/mol. The number of hydrogen-bond donors (Lipinski definition) is 6. The molecule has 0 aromatic carbocycles. The Morgan fingerprint density at radius 2 is 0.926 bits per heavy atom. The molecule has 0 saturated carbocycles. The largest absolute Gasteiger partial charge is 0.481 e. The molecular formula is C17H32O10. The number of aliphatic hydroxyl groups is 2. The lowest BCUT2D eigenvalue weighted by atomic mass is 10.2. The van der Waals surface area contributed by atoms with Crippen LogP contribution in [0.3, 0.4) is 0 Å². The van der Waals surface area contributed by atoms with Gasteiger partial charge in [-0.1, -0.05) is 6.92 Å². The predicted molar refractivity (Wildman–Crippen MR) is 95.5 cm³/mol. The summed E-state index contributed by atoms with van der Waals surface area (Å²) >= 11 is 0. The Labute approximate surface area is 158 Å². The Kier molecular flexibility index (Phi) is 23.9. The molecule has 0 radical (unpaired) electrons. The summed E-state index contributed by atoms with van der Waals surface area (Å²) in [7, 11) is 0. The van der Waals surface area contributed by atoms with E-state index in [2.05, 4.69) is 0 Å². The molecule has 0 spiro atoms. The summed E-state index contributed by atoms with van der Waals surface area (Å²) in [5.41, 5.74) is 0. The second kappa shape index (κ2) is 21.8. The molecule has 10 heteroatoms. The van der Waals surface area contributed by atoms with Crippen LogP contribution in [0.4, 0.5) is 0 Å². The van der Waals surface area contributed by atoms with Gasteiger partial charge >= 0.3 is 23.9 Å². The predicted octanol–water partition coefficient (Wildman–Crippen LogP) is 1.57. The van der Waals surface area contributed by atoms with Gasteiger partial charge in [-0.3, -0.25) is 19.2 Å². The maximum absolute atomic E-state index is 9.90. The van der Waals surface area contributed by atoms with Crippen LogP contribution in [0.1, 0.15) is 71.1 Å². The highest BCUT2D eigenvalue weighted by molar-refractivity contribution is 5.68. The summed E-state index contributed by atoms with van der Waals surface area (Å²) in [5.74, 6) is -3.48. The smallest absolute Gasteiger partial charge is 0.303 e. The first-order valence-electron chi connectivity index (χ1n) is 8.72. The number of unbranched alkanes of at least 4 members (excludes halogenated alkanes) is 2. The molecule has 0 amide bonds. The highest BCUT2D eigenvalue weighted by Crippen LogP contribution is 1.99. The van der Waals surface area contributed by atoms with Crippen LogP contribution in [0.15, 0.2) is 0 Å². The Morgan fingerprint density at radius 3 is 1.04 bits per heavy atom. The number of carboxylic acid groups (broad SMARTS) is 4. The van der Waals surface area contributed by atoms with E-state index in [9.17, 15) is 19.2 Å². The molecule has 0 heterocycles. The van der Waals surface area contributed by atoms with Crippen molar-refractivity contribution >= 4 is 23.9 Å². The minimum atomic E-state index is -0.870. The van der Waals surface area contributed by atoms with E-state index in [1.165, 1.54) is 0 Å². The maximum Gasteiger partial charge on any atom is 0.303 e. The summed E-state index contributed by atoms with van der Waals surface area (Å²) in [6, 6.07) is 0. The third kappa shape index (κ3) is 40.1. The monoisotopic (exact) mass is 396 g/mol. The van der Waals surface area contributed by atoms with Crippen LogP contribution in [0.25, 0.3) is 0 Å². The number of aliphatic hydroxyl groups excluding tert-OH is 2. The van der Waals surface area contributed by atoms with Gasteiger partial charge in [0.1, 0.15) is 0 Å². The van der Waals surface area contributed by atoms with Gasteiger partial charge in [-0.15, -0.1) is 0 Å². The van der Waals surface area contributed by atoms with Crippen molar-refractivity contribution in [1.29, 1.82) is 0 Å². The molecule has 0 aromatic heterocycles. The lowest BCUT2D eigenvalue weighted by Gasteiger charge is -2.01. The number of rotatable bonds is 13. The van der Waals surface area contributed by atoms with Gasteiger partial charge in [0.2, 0.25) is 0 Å². The van der Waals surface area contributed by atoms with Gasteiger partial charge in [0.05, 0.1) is 6.10 Å². The molecule has 0 aliphatic heterocycles. The van der Waals surface area contributed by atoms with E-state index in [4.69, 9.17) is 30.6 Å². The molecule has 0 aliphatic carbocycles. The zero-order chi connectivity index (χ0) is 21.7. The lowest BCUT2D eigenvalue weighted by Crippen LogP contribution is -2.05. The summed E-state index contributed by atoms with van der Waals surface area (Å²) in [6.07, 6.45) is 2.98. The van der Waals surface area contributed by atoms with Crippen molar-refractivity contribution in [3.8, 4) is 0 Å². The number of carboxylic acids is 4. The second-order valence-corrected chi connectivity index (χ2v) is 5.56. The Morgan fingerprint density at radius 1 is 0.667 bits per heavy atom. The Bertz CT molecular complexity index is 345. The lowest BCUT2D eigenvalue weighted by molar-refractivity contribution is -0.139. The summed E-state index contributed by atoms with van der Waals surface area (Å²) < 4.78 is 0. The Hall–Kier alpha value is -2.20. The minimum Gasteiger partial charge on any atom is -0.481 e. The third-order valence-corrected chi connectivity index (χ3v) is 3.00. The van der Waals surface area contributed by atoms with Crippen LogP contribution in [0.2, 0.25) is 0 Å². The van der Waals surface area contributed by atoms with Gasteiger partial charge in [0.15, 0.2) is 0 Å². The fourth-order valence-electron chi connectivity index (χ4n) is 1.46. The first-order chi connectivity index (χ1) is 12.6. The van der Waals surface area contributed by atoms with E-state index >= 15 is 0 Å². The van der Waals surface area contributed by atoms with Crippen molar-refractivity contribution in [1.82, 2.24) is 0 Å². The van der Waals surface area contributed by atoms with E-state index in [1.807, 2.05) is 6.92 Å². The molecule has 6 N–H and O–H groups in total. The molecule has 27 heavy (non-hydrogen) atoms. The van der Waals surface area contributed by atoms with Gasteiger partial charge in [0.25, 0.3) is 0 Å². The minimum absolute atomic E-state index is 0.0628. The zero-order valence-corrected chi connectivity index (χ0v) is 15.7. The van der Waals surface area contributed by atoms with Gasteiger partial charge in [0, 0.05) is 32.3 Å². The van der Waals surface area contributed by atoms with Crippen molar-refractivity contribution in [2.45, 2.75) is 77.2 Å². The van der Waals surface area contributed by atoms with E-state index in [0.29, 0.717) is 32.1 Å². The van der Waals surface area contributed by atoms with Gasteiger partial charge in [-0.2, -0.15) is 0 Å². The van der Waals surface area contributed by atoms with E-state index in [1.54, 1.807) is 0 Å². The van der Waals surface area contributed by atoms with Gasteiger partial charge < -0.3 is 30.6 Å². The second-order valence-electron chi connectivity index (χ2n) is 5.56. The number of hydrogen-bond acceptors (Lipinski definition) is 6. The van der Waals surface area contributed by atoms with Gasteiger partial charge in [-0.25, -0.2) is 0 Å². The normalized spacial score (nSPS) is 10.5. The highest BCUT2D eigenvalue weighted by atomic mass is 16.4. The number of carbonyl (C=O) groups is 4. The average Bonchev–Trinajstić information content (AvgIpc) is 2.56. The third-order valence-electron chi connectivity index (χ3n) is 3.00. The van der Waals surface area contributed by atoms with Crippen molar-refractivity contribution in [2.24, 2.45) is 0 Å². The van der Waals surface area contributed by atoms with E-state index in [0.717, 1.165) is 6.42 Å². The Balaban J connectivity index is -0.000000326. The van der Waals surface area contributed by atoms with Crippen LogP contribution in [-0.4, -0.2) is 67.2 Å². The van der Waals surface area contributed by atoms with Crippen molar-refractivity contribution in [3.63, 3.8) is 0 Å². The molecule has 10 nitrogen and oxygen atoms in total. The molecule has 160 valence electrons. The fourth-order valence-corrected chi connectivity index (χ4v) is 1.46. The van der Waals surface area contributed by atoms with Crippen LogP contribution < -0.4 is 0 Å². The molecule has 0 fully saturated rings. The van der Waals surface area contributed by atoms with Crippen molar-refractivity contribution in [2.75, 3.05) is 6.61 Å². The quantitative estimate of drug-likeness (QED) is 0.249. The van der Waals surface area contributed by atoms with Crippen LogP contribution in [0, 0.1) is 0 Å². The molecule has 0 bridgehead atoms. The van der Waals surface area contributed by atoms with Crippen molar-refractivity contribution in [3.05, 3.63) is 0 Å². The SMILES string of the molecule is CCC(O)CCO.O=C(O)CCCCC(=O)O.O=C(O)CCCCC(=O)O. The standard InChI is InChI=1S/2C6H10O4.C5H12O2/c2*7-5(8)3-1-2-4-6(9)10;1-2-5(7)3-4-6/h2*1-4H2,(H,7,8)(H,9,10);5-7H,2-4H2,1H3. The molecule has 1 atom stereocenters. The first-order valence-corrected chi connectivity index (χ1v) is 8.72. The summed E-state index contributed by atoms with van der Waals surface area (Å²) in [5, 5.41) is 49.4. The van der Waals surface area contributed by atoms with Crippen LogP contribution in [-0.2, 0) is 19.2 Å². The fraction of sp³-hybridized carbons (Fsp3) is 0.765. The topological polar surface area (TPSA) is 190 Å².